The van der Waals surface area contributed by atoms with Crippen molar-refractivity contribution >= 4 is 46.6 Å². The summed E-state index contributed by atoms with van der Waals surface area (Å²) in [6, 6.07) is 3.03. The zero-order valence-electron chi connectivity index (χ0n) is 13.7. The topological polar surface area (TPSA) is 93.1 Å². The molecule has 9 heteroatoms. The fourth-order valence-electron chi connectivity index (χ4n) is 2.09. The molecular formula is C17H14ClNO6S. The number of carbonyl (C=O) groups is 3. The molecule has 0 saturated carbocycles. The average molecular weight is 396 g/mol. The number of halogens is 1. The number of thioether (sulfide) groups is 1. The van der Waals surface area contributed by atoms with Crippen LogP contribution in [0.3, 0.4) is 0 Å². The van der Waals surface area contributed by atoms with Crippen LogP contribution in [0.4, 0.5) is 4.79 Å². The van der Waals surface area contributed by atoms with E-state index in [4.69, 9.17) is 32.6 Å². The molecule has 1 aliphatic rings. The number of ether oxygens (including phenoxy) is 2. The van der Waals surface area contributed by atoms with E-state index in [0.29, 0.717) is 12.2 Å². The Morgan fingerprint density at radius 1 is 1.42 bits per heavy atom. The molecule has 0 aliphatic carbocycles. The normalized spacial score (nSPS) is 15.3. The minimum Gasteiger partial charge on any atom is -0.490 e. The van der Waals surface area contributed by atoms with Crippen LogP contribution in [0.1, 0.15) is 12.5 Å². The van der Waals surface area contributed by atoms with E-state index in [-0.39, 0.29) is 28.0 Å². The molecule has 7 nitrogen and oxygen atoms in total. The highest BCUT2D eigenvalue weighted by Crippen LogP contribution is 2.39. The van der Waals surface area contributed by atoms with Gasteiger partial charge in [-0.05, 0) is 42.5 Å². The van der Waals surface area contributed by atoms with Gasteiger partial charge in [-0.15, -0.1) is 6.42 Å². The van der Waals surface area contributed by atoms with E-state index in [1.165, 1.54) is 12.1 Å². The highest BCUT2D eigenvalue weighted by atomic mass is 35.5. The van der Waals surface area contributed by atoms with Gasteiger partial charge in [0.2, 0.25) is 0 Å². The van der Waals surface area contributed by atoms with Crippen molar-refractivity contribution < 1.29 is 29.0 Å². The summed E-state index contributed by atoms with van der Waals surface area (Å²) in [5.74, 6) is 0.936. The molecule has 1 N–H and O–H groups in total. The zero-order valence-corrected chi connectivity index (χ0v) is 15.2. The SMILES string of the molecule is C#CCN1C(=O)SC(=Cc2cc(Cl)c(OCC(=O)O)c(OCC)c2)C1=O. The summed E-state index contributed by atoms with van der Waals surface area (Å²) in [5.41, 5.74) is 0.493. The van der Waals surface area contributed by atoms with Gasteiger partial charge in [0.05, 0.1) is 23.1 Å². The molecule has 1 heterocycles. The predicted molar refractivity (Wildman–Crippen MR) is 97.3 cm³/mol. The average Bonchev–Trinajstić information content (AvgIpc) is 2.82. The lowest BCUT2D eigenvalue weighted by Gasteiger charge is -2.13. The zero-order chi connectivity index (χ0) is 19.3. The third-order valence-corrected chi connectivity index (χ3v) is 4.28. The minimum absolute atomic E-state index is 0.0912. The summed E-state index contributed by atoms with van der Waals surface area (Å²) in [7, 11) is 0. The summed E-state index contributed by atoms with van der Waals surface area (Å²) < 4.78 is 10.6. The van der Waals surface area contributed by atoms with Crippen molar-refractivity contribution in [3.63, 3.8) is 0 Å². The number of rotatable bonds is 7. The molecule has 0 atom stereocenters. The van der Waals surface area contributed by atoms with Crippen molar-refractivity contribution in [2.24, 2.45) is 0 Å². The van der Waals surface area contributed by atoms with Crippen molar-refractivity contribution in [2.45, 2.75) is 6.92 Å². The van der Waals surface area contributed by atoms with Gasteiger partial charge in [-0.25, -0.2) is 4.79 Å². The van der Waals surface area contributed by atoms with Gasteiger partial charge in [-0.1, -0.05) is 17.5 Å². The second kappa shape index (κ2) is 8.65. The van der Waals surface area contributed by atoms with Gasteiger partial charge < -0.3 is 14.6 Å². The Labute approximate surface area is 158 Å². The molecule has 1 aromatic rings. The first-order valence-corrected chi connectivity index (χ1v) is 8.56. The Morgan fingerprint density at radius 3 is 2.77 bits per heavy atom. The quantitative estimate of drug-likeness (QED) is 0.560. The number of hydrogen-bond acceptors (Lipinski definition) is 6. The fraction of sp³-hybridized carbons (Fsp3) is 0.235. The smallest absolute Gasteiger partial charge is 0.341 e. The van der Waals surface area contributed by atoms with Gasteiger partial charge in [0.15, 0.2) is 18.1 Å². The van der Waals surface area contributed by atoms with Gasteiger partial charge in [0, 0.05) is 0 Å². The molecule has 0 bridgehead atoms. The van der Waals surface area contributed by atoms with Gasteiger partial charge in [-0.3, -0.25) is 14.5 Å². The number of hydrogen-bond donors (Lipinski definition) is 1. The number of benzene rings is 1. The molecule has 1 fully saturated rings. The van der Waals surface area contributed by atoms with Crippen molar-refractivity contribution in [2.75, 3.05) is 19.8 Å². The third-order valence-electron chi connectivity index (χ3n) is 3.09. The van der Waals surface area contributed by atoms with E-state index in [0.717, 1.165) is 16.7 Å². The number of imide groups is 1. The molecule has 136 valence electrons. The minimum atomic E-state index is -1.16. The van der Waals surface area contributed by atoms with Crippen LogP contribution in [0.25, 0.3) is 6.08 Å². The van der Waals surface area contributed by atoms with E-state index < -0.39 is 23.7 Å². The van der Waals surface area contributed by atoms with Crippen LogP contribution < -0.4 is 9.47 Å². The molecule has 2 rings (SSSR count). The van der Waals surface area contributed by atoms with Crippen molar-refractivity contribution in [3.8, 4) is 23.8 Å². The van der Waals surface area contributed by atoms with Crippen LogP contribution in [0.5, 0.6) is 11.5 Å². The van der Waals surface area contributed by atoms with E-state index in [2.05, 4.69) is 5.92 Å². The van der Waals surface area contributed by atoms with Gasteiger partial charge in [0.25, 0.3) is 11.1 Å². The number of terminal acetylenes is 1. The molecule has 0 spiro atoms. The van der Waals surface area contributed by atoms with Crippen molar-refractivity contribution in [1.82, 2.24) is 4.90 Å². The Balaban J connectivity index is 2.36. The number of carboxylic acids is 1. The van der Waals surface area contributed by atoms with Gasteiger partial charge in [0.1, 0.15) is 0 Å². The molecule has 26 heavy (non-hydrogen) atoms. The standard InChI is InChI=1S/C17H14ClNO6S/c1-3-5-19-16(22)13(26-17(19)23)8-10-6-11(18)15(25-9-14(20)21)12(7-10)24-4-2/h1,6-8H,4-5,9H2,2H3,(H,20,21). The predicted octanol–water partition coefficient (Wildman–Crippen LogP) is 2.87. The first-order valence-electron chi connectivity index (χ1n) is 7.37. The lowest BCUT2D eigenvalue weighted by atomic mass is 10.1. The van der Waals surface area contributed by atoms with Crippen LogP contribution >= 0.6 is 23.4 Å². The Bertz CT molecular complexity index is 829. The molecule has 1 aliphatic heterocycles. The molecule has 0 unspecified atom stereocenters. The summed E-state index contributed by atoms with van der Waals surface area (Å²) in [4.78, 5) is 35.9. The summed E-state index contributed by atoms with van der Waals surface area (Å²) in [6.07, 6.45) is 6.64. The van der Waals surface area contributed by atoms with E-state index in [1.54, 1.807) is 13.0 Å². The summed E-state index contributed by atoms with van der Waals surface area (Å²) >= 11 is 6.93. The third kappa shape index (κ3) is 4.50. The van der Waals surface area contributed by atoms with Gasteiger partial charge in [-0.2, -0.15) is 0 Å². The lowest BCUT2D eigenvalue weighted by Crippen LogP contribution is -2.28. The van der Waals surface area contributed by atoms with Crippen LogP contribution in [-0.2, 0) is 9.59 Å². The molecule has 2 amide bonds. The Kier molecular flexibility index (Phi) is 6.55. The number of carboxylic acid groups (broad SMARTS) is 1. The molecule has 1 saturated heterocycles. The summed E-state index contributed by atoms with van der Waals surface area (Å²) in [5, 5.41) is 8.41. The second-order valence-electron chi connectivity index (χ2n) is 4.92. The van der Waals surface area contributed by atoms with Crippen LogP contribution in [0.2, 0.25) is 5.02 Å². The number of aliphatic carboxylic acids is 1. The van der Waals surface area contributed by atoms with E-state index in [9.17, 15) is 14.4 Å². The summed E-state index contributed by atoms with van der Waals surface area (Å²) in [6.45, 7) is 1.35. The van der Waals surface area contributed by atoms with Crippen LogP contribution in [0, 0.1) is 12.3 Å². The lowest BCUT2D eigenvalue weighted by molar-refractivity contribution is -0.139. The fourth-order valence-corrected chi connectivity index (χ4v) is 3.20. The highest BCUT2D eigenvalue weighted by Gasteiger charge is 2.34. The molecule has 0 aromatic heterocycles. The number of nitrogens with zero attached hydrogens (tertiary/aromatic N) is 1. The molecule has 1 aromatic carbocycles. The first-order chi connectivity index (χ1) is 12.4. The van der Waals surface area contributed by atoms with Crippen molar-refractivity contribution in [3.05, 3.63) is 27.6 Å². The van der Waals surface area contributed by atoms with Crippen molar-refractivity contribution in [1.29, 1.82) is 0 Å². The Morgan fingerprint density at radius 2 is 2.15 bits per heavy atom. The number of amides is 2. The van der Waals surface area contributed by atoms with E-state index in [1.807, 2.05) is 0 Å². The first kappa shape index (κ1) is 19.7. The molecular weight excluding hydrogens is 382 g/mol. The maximum atomic E-state index is 12.2. The largest absolute Gasteiger partial charge is 0.490 e. The van der Waals surface area contributed by atoms with Crippen LogP contribution in [0.15, 0.2) is 17.0 Å². The van der Waals surface area contributed by atoms with E-state index >= 15 is 0 Å². The highest BCUT2D eigenvalue weighted by molar-refractivity contribution is 8.18. The van der Waals surface area contributed by atoms with Crippen LogP contribution in [-0.4, -0.2) is 46.9 Å². The Hall–Kier alpha value is -2.63. The monoisotopic (exact) mass is 395 g/mol. The maximum absolute atomic E-state index is 12.2. The molecule has 0 radical (unpaired) electrons. The maximum Gasteiger partial charge on any atom is 0.341 e. The second-order valence-corrected chi connectivity index (χ2v) is 6.32. The van der Waals surface area contributed by atoms with Gasteiger partial charge >= 0.3 is 5.97 Å². The number of carbonyl (C=O) groups excluding carboxylic acids is 2.